The number of carbonyl (C=O) groups excluding carboxylic acids is 3. The van der Waals surface area contributed by atoms with Crippen LogP contribution >= 0.6 is 11.3 Å². The van der Waals surface area contributed by atoms with Crippen LogP contribution in [0, 0.1) is 5.41 Å². The van der Waals surface area contributed by atoms with E-state index < -0.39 is 11.5 Å². The van der Waals surface area contributed by atoms with Crippen LogP contribution in [0.5, 0.6) is 0 Å². The van der Waals surface area contributed by atoms with E-state index in [0.717, 1.165) is 5.56 Å². The molecule has 3 heterocycles. The summed E-state index contributed by atoms with van der Waals surface area (Å²) < 4.78 is 0. The van der Waals surface area contributed by atoms with E-state index in [1.54, 1.807) is 16.2 Å². The average molecular weight is 440 g/mol. The Morgan fingerprint density at radius 2 is 2.03 bits per heavy atom. The van der Waals surface area contributed by atoms with Crippen molar-refractivity contribution in [2.75, 3.05) is 13.1 Å². The van der Waals surface area contributed by atoms with Gasteiger partial charge in [-0.25, -0.2) is 0 Å². The van der Waals surface area contributed by atoms with Crippen LogP contribution in [0.1, 0.15) is 38.7 Å². The lowest BCUT2D eigenvalue weighted by Gasteiger charge is -2.30. The molecule has 3 amide bonds. The van der Waals surface area contributed by atoms with Crippen molar-refractivity contribution in [1.29, 1.82) is 0 Å². The zero-order valence-corrected chi connectivity index (χ0v) is 18.8. The van der Waals surface area contributed by atoms with Gasteiger partial charge in [0.05, 0.1) is 5.41 Å². The van der Waals surface area contributed by atoms with Crippen molar-refractivity contribution in [3.63, 3.8) is 0 Å². The molecule has 2 fully saturated rings. The van der Waals surface area contributed by atoms with Crippen LogP contribution in [-0.2, 0) is 20.8 Å². The number of benzene rings is 1. The predicted octanol–water partition coefficient (Wildman–Crippen LogP) is 2.98. The fourth-order valence-electron chi connectivity index (χ4n) is 4.53. The number of nitrogens with zero attached hydrogens (tertiary/aromatic N) is 1. The zero-order valence-electron chi connectivity index (χ0n) is 18.0. The topological polar surface area (TPSA) is 78.5 Å². The fraction of sp³-hybridized carbons (Fsp3) is 0.458. The summed E-state index contributed by atoms with van der Waals surface area (Å²) in [6, 6.07) is 12.1. The van der Waals surface area contributed by atoms with Gasteiger partial charge >= 0.3 is 0 Å². The molecule has 2 saturated heterocycles. The first-order valence-electron chi connectivity index (χ1n) is 10.9. The third kappa shape index (κ3) is 4.66. The Morgan fingerprint density at radius 3 is 2.65 bits per heavy atom. The number of thiophene rings is 1. The summed E-state index contributed by atoms with van der Waals surface area (Å²) in [5.41, 5.74) is 1.59. The summed E-state index contributed by atoms with van der Waals surface area (Å²) in [6.07, 6.45) is 2.12. The third-order valence-electron chi connectivity index (χ3n) is 6.16. The van der Waals surface area contributed by atoms with Gasteiger partial charge < -0.3 is 15.5 Å². The summed E-state index contributed by atoms with van der Waals surface area (Å²) in [7, 11) is 0. The minimum absolute atomic E-state index is 0.00408. The first-order valence-corrected chi connectivity index (χ1v) is 11.8. The molecule has 4 rings (SSSR count). The number of carbonyl (C=O) groups is 3. The standard InChI is InChI=1S/C24H29N3O3S/c1-16(2)25-23(30)24(11-12-27(15-24)22(29)19-9-10-21(28)26-19)14-17-5-7-18(8-6-17)20-4-3-13-31-20/h3-8,13,16,19H,9-12,14-15H2,1-2H3,(H,25,30)(H,26,28)/t19-,24-/m1/s1. The maximum absolute atomic E-state index is 13.3. The lowest BCUT2D eigenvalue weighted by atomic mass is 9.79. The zero-order chi connectivity index (χ0) is 22.0. The lowest BCUT2D eigenvalue weighted by Crippen LogP contribution is -2.49. The molecule has 0 spiro atoms. The fourth-order valence-corrected chi connectivity index (χ4v) is 5.26. The Bertz CT molecular complexity index is 955. The molecule has 0 aliphatic carbocycles. The minimum atomic E-state index is -0.660. The van der Waals surface area contributed by atoms with Gasteiger partial charge in [-0.3, -0.25) is 14.4 Å². The Balaban J connectivity index is 1.52. The Hall–Kier alpha value is -2.67. The Morgan fingerprint density at radius 1 is 1.26 bits per heavy atom. The molecular weight excluding hydrogens is 410 g/mol. The van der Waals surface area contributed by atoms with Gasteiger partial charge in [0.2, 0.25) is 17.7 Å². The largest absolute Gasteiger partial charge is 0.353 e. The van der Waals surface area contributed by atoms with E-state index in [0.29, 0.717) is 38.8 Å². The lowest BCUT2D eigenvalue weighted by molar-refractivity contribution is -0.135. The van der Waals surface area contributed by atoms with Gasteiger partial charge in [-0.2, -0.15) is 0 Å². The van der Waals surface area contributed by atoms with E-state index in [2.05, 4.69) is 46.3 Å². The van der Waals surface area contributed by atoms with Gasteiger partial charge in [-0.05, 0) is 55.7 Å². The van der Waals surface area contributed by atoms with Gasteiger partial charge in [0, 0.05) is 30.4 Å². The monoisotopic (exact) mass is 439 g/mol. The van der Waals surface area contributed by atoms with Crippen molar-refractivity contribution in [3.8, 4) is 10.4 Å². The highest BCUT2D eigenvalue weighted by Gasteiger charge is 2.47. The summed E-state index contributed by atoms with van der Waals surface area (Å²) in [6.45, 7) is 4.81. The van der Waals surface area contributed by atoms with Crippen LogP contribution in [0.4, 0.5) is 0 Å². The number of amides is 3. The molecule has 7 heteroatoms. The van der Waals surface area contributed by atoms with Crippen molar-refractivity contribution in [3.05, 3.63) is 47.3 Å². The van der Waals surface area contributed by atoms with Crippen molar-refractivity contribution < 1.29 is 14.4 Å². The van der Waals surface area contributed by atoms with Crippen molar-refractivity contribution in [2.45, 2.75) is 51.6 Å². The molecule has 2 aromatic rings. The maximum Gasteiger partial charge on any atom is 0.245 e. The molecule has 2 N–H and O–H groups in total. The van der Waals surface area contributed by atoms with Gasteiger partial charge in [-0.1, -0.05) is 30.3 Å². The molecule has 1 aromatic heterocycles. The summed E-state index contributed by atoms with van der Waals surface area (Å²) in [4.78, 5) is 40.7. The summed E-state index contributed by atoms with van der Waals surface area (Å²) in [5.74, 6) is -0.152. The Labute approximate surface area is 187 Å². The first kappa shape index (κ1) is 21.6. The van der Waals surface area contributed by atoms with Crippen molar-refractivity contribution in [2.24, 2.45) is 5.41 Å². The highest BCUT2D eigenvalue weighted by molar-refractivity contribution is 7.13. The summed E-state index contributed by atoms with van der Waals surface area (Å²) in [5, 5.41) is 7.89. The van der Waals surface area contributed by atoms with Crippen LogP contribution < -0.4 is 10.6 Å². The molecule has 164 valence electrons. The third-order valence-corrected chi connectivity index (χ3v) is 7.08. The van der Waals surface area contributed by atoms with Crippen LogP contribution in [-0.4, -0.2) is 47.8 Å². The van der Waals surface area contributed by atoms with Gasteiger partial charge in [0.25, 0.3) is 0 Å². The molecule has 0 radical (unpaired) electrons. The molecule has 2 atom stereocenters. The highest BCUT2D eigenvalue weighted by Crippen LogP contribution is 2.36. The number of hydrogen-bond acceptors (Lipinski definition) is 4. The molecule has 6 nitrogen and oxygen atoms in total. The molecule has 31 heavy (non-hydrogen) atoms. The number of hydrogen-bond donors (Lipinski definition) is 2. The van der Waals surface area contributed by atoms with Crippen LogP contribution in [0.3, 0.4) is 0 Å². The highest BCUT2D eigenvalue weighted by atomic mass is 32.1. The average Bonchev–Trinajstić information content (AvgIpc) is 3.49. The molecule has 2 aliphatic heterocycles. The van der Waals surface area contributed by atoms with Crippen LogP contribution in [0.2, 0.25) is 0 Å². The molecular formula is C24H29N3O3S. The van der Waals surface area contributed by atoms with E-state index >= 15 is 0 Å². The van der Waals surface area contributed by atoms with Gasteiger partial charge in [-0.15, -0.1) is 11.3 Å². The van der Waals surface area contributed by atoms with Gasteiger partial charge in [0.15, 0.2) is 0 Å². The van der Waals surface area contributed by atoms with Crippen molar-refractivity contribution in [1.82, 2.24) is 15.5 Å². The second-order valence-electron chi connectivity index (χ2n) is 8.93. The molecule has 0 bridgehead atoms. The molecule has 1 aromatic carbocycles. The van der Waals surface area contributed by atoms with E-state index in [1.807, 2.05) is 19.9 Å². The Kier molecular flexibility index (Phi) is 6.14. The smallest absolute Gasteiger partial charge is 0.245 e. The molecule has 2 aliphatic rings. The number of likely N-dealkylation sites (tertiary alicyclic amines) is 1. The molecule has 0 saturated carbocycles. The minimum Gasteiger partial charge on any atom is -0.353 e. The van der Waals surface area contributed by atoms with E-state index in [9.17, 15) is 14.4 Å². The second kappa shape index (κ2) is 8.83. The summed E-state index contributed by atoms with van der Waals surface area (Å²) >= 11 is 1.70. The molecule has 0 unspecified atom stereocenters. The van der Waals surface area contributed by atoms with E-state index in [1.165, 1.54) is 10.4 Å². The first-order chi connectivity index (χ1) is 14.9. The predicted molar refractivity (Wildman–Crippen MR) is 122 cm³/mol. The number of nitrogens with one attached hydrogen (secondary N) is 2. The second-order valence-corrected chi connectivity index (χ2v) is 9.88. The van der Waals surface area contributed by atoms with Gasteiger partial charge in [0.1, 0.15) is 6.04 Å². The SMILES string of the molecule is CC(C)NC(=O)[C@@]1(Cc2ccc(-c3cccs3)cc2)CCN(C(=O)[C@H]2CCC(=O)N2)C1. The van der Waals surface area contributed by atoms with Crippen molar-refractivity contribution >= 4 is 29.1 Å². The number of rotatable bonds is 6. The normalized spacial score (nSPS) is 23.3. The quantitative estimate of drug-likeness (QED) is 0.726. The van der Waals surface area contributed by atoms with E-state index in [4.69, 9.17) is 0 Å². The van der Waals surface area contributed by atoms with Crippen LogP contribution in [0.25, 0.3) is 10.4 Å². The maximum atomic E-state index is 13.3. The van der Waals surface area contributed by atoms with Crippen LogP contribution in [0.15, 0.2) is 41.8 Å². The van der Waals surface area contributed by atoms with E-state index in [-0.39, 0.29) is 23.8 Å².